The highest BCUT2D eigenvalue weighted by atomic mass is 79.9. The number of fused-ring (bicyclic) bond motifs is 1. The first kappa shape index (κ1) is 12.9. The molecule has 2 aromatic rings. The number of amides is 1. The Labute approximate surface area is 110 Å². The van der Waals surface area contributed by atoms with E-state index < -0.39 is 11.6 Å². The molecule has 7 heteroatoms. The standard InChI is InChI=1S/C11H10BrF2N3O/c1-2-3-7(18)15-11-5-4-6(12)8(13)9(14)10(5)16-17-11/h4H,2-3H2,1H3,(H2,15,16,17,18). The third-order valence-corrected chi connectivity index (χ3v) is 3.01. The lowest BCUT2D eigenvalue weighted by molar-refractivity contribution is -0.116. The monoisotopic (exact) mass is 317 g/mol. The Bertz CT molecular complexity index is 612. The Kier molecular flexibility index (Phi) is 3.60. The molecule has 0 aliphatic heterocycles. The number of carbonyl (C=O) groups excluding carboxylic acids is 1. The molecule has 0 aliphatic carbocycles. The number of H-pyrrole nitrogens is 1. The molecule has 0 atom stereocenters. The molecule has 1 amide bonds. The number of carbonyl (C=O) groups is 1. The number of hydrogen-bond donors (Lipinski definition) is 2. The molecule has 0 saturated heterocycles. The zero-order chi connectivity index (χ0) is 13.3. The first-order valence-electron chi connectivity index (χ1n) is 5.36. The Balaban J connectivity index is 2.45. The fourth-order valence-corrected chi connectivity index (χ4v) is 1.98. The molecule has 4 nitrogen and oxygen atoms in total. The van der Waals surface area contributed by atoms with Crippen molar-refractivity contribution in [1.82, 2.24) is 10.2 Å². The van der Waals surface area contributed by atoms with Gasteiger partial charge in [0.25, 0.3) is 0 Å². The third kappa shape index (κ3) is 2.22. The lowest BCUT2D eigenvalue weighted by Crippen LogP contribution is -2.11. The van der Waals surface area contributed by atoms with Crippen LogP contribution in [0.4, 0.5) is 14.6 Å². The highest BCUT2D eigenvalue weighted by Crippen LogP contribution is 2.29. The summed E-state index contributed by atoms with van der Waals surface area (Å²) in [4.78, 5) is 11.4. The van der Waals surface area contributed by atoms with E-state index in [1.165, 1.54) is 6.07 Å². The van der Waals surface area contributed by atoms with E-state index >= 15 is 0 Å². The van der Waals surface area contributed by atoms with Gasteiger partial charge in [0.1, 0.15) is 5.52 Å². The summed E-state index contributed by atoms with van der Waals surface area (Å²) in [6.45, 7) is 1.87. The minimum absolute atomic E-state index is 0.0140. The first-order chi connectivity index (χ1) is 8.54. The van der Waals surface area contributed by atoms with Crippen LogP contribution in [0.15, 0.2) is 10.5 Å². The molecule has 0 aliphatic rings. The predicted molar refractivity (Wildman–Crippen MR) is 67.2 cm³/mol. The molecule has 96 valence electrons. The number of nitrogens with zero attached hydrogens (tertiary/aromatic N) is 1. The number of rotatable bonds is 3. The second-order valence-corrected chi connectivity index (χ2v) is 4.63. The van der Waals surface area contributed by atoms with Crippen molar-refractivity contribution in [3.63, 3.8) is 0 Å². The quantitative estimate of drug-likeness (QED) is 0.853. The van der Waals surface area contributed by atoms with Gasteiger partial charge >= 0.3 is 0 Å². The van der Waals surface area contributed by atoms with Crippen molar-refractivity contribution in [2.24, 2.45) is 0 Å². The number of hydrogen-bond acceptors (Lipinski definition) is 2. The van der Waals surface area contributed by atoms with Gasteiger partial charge in [0.05, 0.1) is 4.47 Å². The van der Waals surface area contributed by atoms with Crippen LogP contribution in [0.1, 0.15) is 19.8 Å². The first-order valence-corrected chi connectivity index (χ1v) is 6.15. The van der Waals surface area contributed by atoms with Gasteiger partial charge in [0.2, 0.25) is 5.91 Å². The average molecular weight is 318 g/mol. The largest absolute Gasteiger partial charge is 0.309 e. The van der Waals surface area contributed by atoms with Crippen LogP contribution in [-0.4, -0.2) is 16.1 Å². The molecule has 0 saturated carbocycles. The van der Waals surface area contributed by atoms with Gasteiger partial charge in [-0.2, -0.15) is 5.10 Å². The summed E-state index contributed by atoms with van der Waals surface area (Å²) < 4.78 is 26.9. The molecule has 0 spiro atoms. The summed E-state index contributed by atoms with van der Waals surface area (Å²) in [6.07, 6.45) is 1.04. The van der Waals surface area contributed by atoms with Gasteiger partial charge in [0.15, 0.2) is 17.5 Å². The molecule has 0 bridgehead atoms. The maximum Gasteiger partial charge on any atom is 0.225 e. The van der Waals surface area contributed by atoms with E-state index in [2.05, 4.69) is 31.4 Å². The molecule has 1 aromatic heterocycles. The van der Waals surface area contributed by atoms with Gasteiger partial charge in [-0.05, 0) is 28.4 Å². The van der Waals surface area contributed by atoms with Gasteiger partial charge in [-0.1, -0.05) is 6.92 Å². The molecule has 1 heterocycles. The van der Waals surface area contributed by atoms with Crippen molar-refractivity contribution in [3.05, 3.63) is 22.2 Å². The van der Waals surface area contributed by atoms with E-state index in [1.807, 2.05) is 6.92 Å². The molecular formula is C11H10BrF2N3O. The van der Waals surface area contributed by atoms with E-state index in [-0.39, 0.29) is 21.7 Å². The van der Waals surface area contributed by atoms with Crippen molar-refractivity contribution < 1.29 is 13.6 Å². The molecule has 0 radical (unpaired) electrons. The summed E-state index contributed by atoms with van der Waals surface area (Å²) in [5.74, 6) is -2.03. The topological polar surface area (TPSA) is 57.8 Å². The fourth-order valence-electron chi connectivity index (χ4n) is 1.58. The van der Waals surface area contributed by atoms with Crippen LogP contribution in [-0.2, 0) is 4.79 Å². The maximum absolute atomic E-state index is 13.6. The fraction of sp³-hybridized carbons (Fsp3) is 0.273. The van der Waals surface area contributed by atoms with Crippen LogP contribution in [0, 0.1) is 11.6 Å². The molecule has 1 aromatic carbocycles. The van der Waals surface area contributed by atoms with Crippen molar-refractivity contribution >= 4 is 38.6 Å². The minimum atomic E-state index is -1.03. The van der Waals surface area contributed by atoms with Crippen molar-refractivity contribution in [2.75, 3.05) is 5.32 Å². The average Bonchev–Trinajstić information content (AvgIpc) is 2.70. The molecule has 0 unspecified atom stereocenters. The minimum Gasteiger partial charge on any atom is -0.309 e. The molecule has 2 rings (SSSR count). The van der Waals surface area contributed by atoms with Crippen LogP contribution in [0.25, 0.3) is 10.9 Å². The van der Waals surface area contributed by atoms with Crippen LogP contribution in [0.2, 0.25) is 0 Å². The summed E-state index contributed by atoms with van der Waals surface area (Å²) in [6, 6.07) is 1.37. The zero-order valence-electron chi connectivity index (χ0n) is 9.48. The van der Waals surface area contributed by atoms with E-state index in [0.29, 0.717) is 18.2 Å². The number of aromatic nitrogens is 2. The Morgan fingerprint density at radius 3 is 2.89 bits per heavy atom. The van der Waals surface area contributed by atoms with Crippen LogP contribution >= 0.6 is 15.9 Å². The molecule has 2 N–H and O–H groups in total. The van der Waals surface area contributed by atoms with Crippen molar-refractivity contribution in [3.8, 4) is 0 Å². The van der Waals surface area contributed by atoms with Gasteiger partial charge in [0, 0.05) is 11.8 Å². The number of anilines is 1. The van der Waals surface area contributed by atoms with Gasteiger partial charge in [-0.3, -0.25) is 9.89 Å². The zero-order valence-corrected chi connectivity index (χ0v) is 11.1. The number of benzene rings is 1. The summed E-state index contributed by atoms with van der Waals surface area (Å²) >= 11 is 2.91. The third-order valence-electron chi connectivity index (χ3n) is 2.43. The Hall–Kier alpha value is -1.50. The highest BCUT2D eigenvalue weighted by molar-refractivity contribution is 9.10. The van der Waals surface area contributed by atoms with E-state index in [9.17, 15) is 13.6 Å². The lowest BCUT2D eigenvalue weighted by atomic mass is 10.2. The lowest BCUT2D eigenvalue weighted by Gasteiger charge is -2.02. The summed E-state index contributed by atoms with van der Waals surface area (Å²) in [5, 5.41) is 9.02. The van der Waals surface area contributed by atoms with Crippen molar-refractivity contribution in [2.45, 2.75) is 19.8 Å². The molecule has 0 fully saturated rings. The molecular weight excluding hydrogens is 308 g/mol. The number of nitrogens with one attached hydrogen (secondary N) is 2. The molecule has 18 heavy (non-hydrogen) atoms. The maximum atomic E-state index is 13.6. The van der Waals surface area contributed by atoms with E-state index in [1.54, 1.807) is 0 Å². The second-order valence-electron chi connectivity index (χ2n) is 3.78. The summed E-state index contributed by atoms with van der Waals surface area (Å²) in [5.41, 5.74) is -0.0671. The van der Waals surface area contributed by atoms with E-state index in [4.69, 9.17) is 0 Å². The predicted octanol–water partition coefficient (Wildman–Crippen LogP) is 3.34. The van der Waals surface area contributed by atoms with Crippen molar-refractivity contribution in [1.29, 1.82) is 0 Å². The smallest absolute Gasteiger partial charge is 0.225 e. The van der Waals surface area contributed by atoms with Gasteiger partial charge in [-0.15, -0.1) is 0 Å². The Morgan fingerprint density at radius 2 is 2.22 bits per heavy atom. The normalized spacial score (nSPS) is 10.9. The van der Waals surface area contributed by atoms with Gasteiger partial charge in [-0.25, -0.2) is 8.78 Å². The highest BCUT2D eigenvalue weighted by Gasteiger charge is 2.17. The number of halogens is 3. The van der Waals surface area contributed by atoms with Gasteiger partial charge < -0.3 is 5.32 Å². The Morgan fingerprint density at radius 1 is 1.50 bits per heavy atom. The summed E-state index contributed by atoms with van der Waals surface area (Å²) in [7, 11) is 0. The van der Waals surface area contributed by atoms with Crippen LogP contribution < -0.4 is 5.32 Å². The SMILES string of the molecule is CCCC(=O)Nc1n[nH]c2c(F)c(F)c(Br)cc12. The number of aromatic amines is 1. The second kappa shape index (κ2) is 5.01. The van der Waals surface area contributed by atoms with Crippen LogP contribution in [0.3, 0.4) is 0 Å². The van der Waals surface area contributed by atoms with Crippen LogP contribution in [0.5, 0.6) is 0 Å². The van der Waals surface area contributed by atoms with E-state index in [0.717, 1.165) is 0 Å².